The molecule has 0 fully saturated rings. The molecule has 0 aromatic heterocycles. The Labute approximate surface area is 248 Å². The van der Waals surface area contributed by atoms with Crippen LogP contribution in [-0.2, 0) is 42.7 Å². The summed E-state index contributed by atoms with van der Waals surface area (Å²) in [5.74, 6) is -2.76. The summed E-state index contributed by atoms with van der Waals surface area (Å²) in [6.45, 7) is 9.22. The topological polar surface area (TPSA) is 150 Å². The normalized spacial score (nSPS) is 14.2. The van der Waals surface area contributed by atoms with E-state index in [2.05, 4.69) is 0 Å². The van der Waals surface area contributed by atoms with Crippen molar-refractivity contribution in [2.24, 2.45) is 11.7 Å². The van der Waals surface area contributed by atoms with Crippen molar-refractivity contribution in [2.45, 2.75) is 71.0 Å². The van der Waals surface area contributed by atoms with Gasteiger partial charge in [-0.3, -0.25) is 19.1 Å². The van der Waals surface area contributed by atoms with Gasteiger partial charge in [-0.2, -0.15) is 0 Å². The minimum absolute atomic E-state index is 0.0560. The zero-order valence-corrected chi connectivity index (χ0v) is 26.3. The zero-order chi connectivity index (χ0) is 32.2. The summed E-state index contributed by atoms with van der Waals surface area (Å²) < 4.78 is 39.1. The Morgan fingerprint density at radius 2 is 1.50 bits per heavy atom. The van der Waals surface area contributed by atoms with Crippen LogP contribution in [0.3, 0.4) is 0 Å². The molecule has 2 aromatic carbocycles. The van der Waals surface area contributed by atoms with E-state index in [0.29, 0.717) is 16.7 Å². The van der Waals surface area contributed by atoms with E-state index in [4.69, 9.17) is 5.73 Å². The van der Waals surface area contributed by atoms with Gasteiger partial charge >= 0.3 is 0 Å². The van der Waals surface area contributed by atoms with Crippen molar-refractivity contribution in [3.8, 4) is 5.75 Å². The minimum Gasteiger partial charge on any atom is -0.508 e. The highest BCUT2D eigenvalue weighted by atomic mass is 32.2. The largest absolute Gasteiger partial charge is 0.508 e. The first-order valence-corrected chi connectivity index (χ1v) is 15.5. The van der Waals surface area contributed by atoms with E-state index < -0.39 is 63.0 Å². The quantitative estimate of drug-likeness (QED) is 0.355. The molecule has 2 aromatic rings. The molecule has 3 atom stereocenters. The lowest BCUT2D eigenvalue weighted by Gasteiger charge is -2.37. The summed E-state index contributed by atoms with van der Waals surface area (Å²) in [5.41, 5.74) is 7.62. The SMILES string of the molecule is CC(C)[C@@H](C(=O)N(C)[C@@H](Cc1ccc(O)c(C(C)(C)C)c1)C(=O)NS(C)(=O)=O)N(C)C(=O)[C@@H](N)Cc1ccc(F)cc1. The molecule has 0 aliphatic carbocycles. The molecule has 0 bridgehead atoms. The van der Waals surface area contributed by atoms with Gasteiger partial charge in [-0.25, -0.2) is 12.8 Å². The van der Waals surface area contributed by atoms with Gasteiger partial charge in [-0.05, 0) is 52.6 Å². The number of likely N-dealkylation sites (N-methyl/N-ethyl adjacent to an activating group) is 2. The monoisotopic (exact) mass is 606 g/mol. The molecule has 10 nitrogen and oxygen atoms in total. The summed E-state index contributed by atoms with van der Waals surface area (Å²) in [5, 5.41) is 10.4. The fourth-order valence-corrected chi connectivity index (χ4v) is 5.31. The Balaban J connectivity index is 2.40. The van der Waals surface area contributed by atoms with Crippen LogP contribution in [0.4, 0.5) is 4.39 Å². The Morgan fingerprint density at radius 3 is 2.00 bits per heavy atom. The zero-order valence-electron chi connectivity index (χ0n) is 25.5. The molecule has 2 rings (SSSR count). The molecule has 0 unspecified atom stereocenters. The number of carbonyl (C=O) groups excluding carboxylic acids is 3. The van der Waals surface area contributed by atoms with E-state index in [1.165, 1.54) is 49.3 Å². The number of nitrogens with one attached hydrogen (secondary N) is 1. The Hall–Kier alpha value is -3.51. The average molecular weight is 607 g/mol. The van der Waals surface area contributed by atoms with E-state index in [0.717, 1.165) is 11.2 Å². The molecule has 0 saturated carbocycles. The lowest BCUT2D eigenvalue weighted by Crippen LogP contribution is -2.59. The molecule has 0 aliphatic rings. The summed E-state index contributed by atoms with van der Waals surface area (Å²) in [6, 6.07) is 7.11. The number of rotatable bonds is 11. The van der Waals surface area contributed by atoms with Crippen LogP contribution in [0.15, 0.2) is 42.5 Å². The number of sulfonamides is 1. The van der Waals surface area contributed by atoms with Crippen molar-refractivity contribution >= 4 is 27.7 Å². The summed E-state index contributed by atoms with van der Waals surface area (Å²) >= 11 is 0. The Kier molecular flexibility index (Phi) is 11.3. The molecule has 0 saturated heterocycles. The summed E-state index contributed by atoms with van der Waals surface area (Å²) in [4.78, 5) is 42.8. The van der Waals surface area contributed by atoms with Crippen LogP contribution in [0.2, 0.25) is 0 Å². The smallest absolute Gasteiger partial charge is 0.256 e. The van der Waals surface area contributed by atoms with E-state index in [1.807, 2.05) is 25.5 Å². The van der Waals surface area contributed by atoms with E-state index >= 15 is 0 Å². The third-order valence-electron chi connectivity index (χ3n) is 7.04. The van der Waals surface area contributed by atoms with Gasteiger partial charge in [0.15, 0.2) is 0 Å². The van der Waals surface area contributed by atoms with Crippen LogP contribution in [-0.4, -0.2) is 79.5 Å². The number of nitrogens with two attached hydrogens (primary N) is 1. The number of hydrogen-bond donors (Lipinski definition) is 3. The molecular formula is C30H43FN4O6S. The standard InChI is InChI=1S/C30H43FN4O6S/c1-18(2)26(35(7)28(38)23(32)16-19-9-12-21(31)13-10-19)29(39)34(6)24(27(37)33-42(8,40)41)17-20-11-14-25(36)22(15-20)30(3,4)5/h9-15,18,23-24,26,36H,16-17,32H2,1-8H3,(H,33,37)/t23-,24-,26-/m0/s1. The lowest BCUT2D eigenvalue weighted by atomic mass is 9.84. The summed E-state index contributed by atoms with van der Waals surface area (Å²) in [6.07, 6.45) is 0.905. The van der Waals surface area contributed by atoms with Crippen molar-refractivity contribution in [1.29, 1.82) is 0 Å². The van der Waals surface area contributed by atoms with Crippen molar-refractivity contribution in [1.82, 2.24) is 14.5 Å². The maximum Gasteiger partial charge on any atom is 0.256 e. The van der Waals surface area contributed by atoms with Gasteiger partial charge in [0.25, 0.3) is 5.91 Å². The van der Waals surface area contributed by atoms with E-state index in [-0.39, 0.29) is 18.6 Å². The third-order valence-corrected chi connectivity index (χ3v) is 7.61. The van der Waals surface area contributed by atoms with Crippen LogP contribution in [0, 0.1) is 11.7 Å². The number of amides is 3. The number of phenolic OH excluding ortho intramolecular Hbond substituents is 1. The number of nitrogens with zero attached hydrogens (tertiary/aromatic N) is 2. The second-order valence-corrected chi connectivity index (χ2v) is 13.8. The number of phenols is 1. The number of aromatic hydroxyl groups is 1. The molecule has 42 heavy (non-hydrogen) atoms. The maximum atomic E-state index is 13.9. The Bertz CT molecular complexity index is 1390. The van der Waals surface area contributed by atoms with Crippen molar-refractivity contribution in [2.75, 3.05) is 20.4 Å². The van der Waals surface area contributed by atoms with Gasteiger partial charge < -0.3 is 20.6 Å². The average Bonchev–Trinajstić information content (AvgIpc) is 2.86. The first-order chi connectivity index (χ1) is 19.2. The van der Waals surface area contributed by atoms with Gasteiger partial charge in [-0.15, -0.1) is 0 Å². The van der Waals surface area contributed by atoms with Gasteiger partial charge in [0, 0.05) is 20.5 Å². The van der Waals surface area contributed by atoms with Gasteiger partial charge in [0.1, 0.15) is 23.7 Å². The molecule has 0 radical (unpaired) electrons. The number of halogens is 1. The maximum absolute atomic E-state index is 13.9. The van der Waals surface area contributed by atoms with E-state index in [1.54, 1.807) is 26.0 Å². The molecule has 4 N–H and O–H groups in total. The molecule has 0 heterocycles. The van der Waals surface area contributed by atoms with Gasteiger partial charge in [0.05, 0.1) is 12.3 Å². The van der Waals surface area contributed by atoms with Crippen molar-refractivity contribution in [3.05, 3.63) is 65.0 Å². The van der Waals surface area contributed by atoms with Crippen LogP contribution in [0.1, 0.15) is 51.3 Å². The molecule has 3 amide bonds. The Morgan fingerprint density at radius 1 is 0.952 bits per heavy atom. The van der Waals surface area contributed by atoms with Crippen molar-refractivity contribution in [3.63, 3.8) is 0 Å². The molecule has 0 aliphatic heterocycles. The van der Waals surface area contributed by atoms with Gasteiger partial charge in [0.2, 0.25) is 21.8 Å². The van der Waals surface area contributed by atoms with Crippen LogP contribution in [0.5, 0.6) is 5.75 Å². The first kappa shape index (κ1) is 34.7. The third kappa shape index (κ3) is 9.25. The number of hydrogen-bond acceptors (Lipinski definition) is 7. The van der Waals surface area contributed by atoms with Crippen LogP contribution >= 0.6 is 0 Å². The molecule has 12 heteroatoms. The molecule has 0 spiro atoms. The minimum atomic E-state index is -3.95. The van der Waals surface area contributed by atoms with Crippen LogP contribution in [0.25, 0.3) is 0 Å². The number of carbonyl (C=O) groups is 3. The highest BCUT2D eigenvalue weighted by Gasteiger charge is 2.38. The fraction of sp³-hybridized carbons (Fsp3) is 0.500. The first-order valence-electron chi connectivity index (χ1n) is 13.6. The highest BCUT2D eigenvalue weighted by Crippen LogP contribution is 2.32. The fourth-order valence-electron chi connectivity index (χ4n) is 4.81. The molecule has 232 valence electrons. The van der Waals surface area contributed by atoms with E-state index in [9.17, 15) is 32.3 Å². The van der Waals surface area contributed by atoms with Crippen LogP contribution < -0.4 is 10.5 Å². The lowest BCUT2D eigenvalue weighted by molar-refractivity contribution is -0.149. The second-order valence-electron chi connectivity index (χ2n) is 12.1. The molecular weight excluding hydrogens is 563 g/mol. The summed E-state index contributed by atoms with van der Waals surface area (Å²) in [7, 11) is -1.12. The van der Waals surface area contributed by atoms with Gasteiger partial charge in [-0.1, -0.05) is 58.9 Å². The predicted octanol–water partition coefficient (Wildman–Crippen LogP) is 2.33. The highest BCUT2D eigenvalue weighted by molar-refractivity contribution is 7.89. The second kappa shape index (κ2) is 13.6. The predicted molar refractivity (Wildman–Crippen MR) is 160 cm³/mol. The number of benzene rings is 2. The van der Waals surface area contributed by atoms with Crippen molar-refractivity contribution < 1.29 is 32.3 Å².